The lowest BCUT2D eigenvalue weighted by molar-refractivity contribution is 0.116. The van der Waals surface area contributed by atoms with Gasteiger partial charge in [-0.3, -0.25) is 0 Å². The molecule has 2 aliphatic heterocycles. The first kappa shape index (κ1) is 12.8. The van der Waals surface area contributed by atoms with Crippen molar-refractivity contribution in [2.24, 2.45) is 5.92 Å². The molecular formula is C15H26O2. The number of unbranched alkanes of at least 4 members (excludes halogenated alkanes) is 6. The Hall–Kier alpha value is -0.660. The summed E-state index contributed by atoms with van der Waals surface area (Å²) in [5.74, 6) is 2.83. The molecule has 0 fully saturated rings. The van der Waals surface area contributed by atoms with Crippen LogP contribution in [0, 0.1) is 5.92 Å². The maximum Gasteiger partial charge on any atom is 0.330 e. The molecule has 0 spiro atoms. The Balaban J connectivity index is 1.29. The summed E-state index contributed by atoms with van der Waals surface area (Å²) < 4.78 is 10.4. The molecule has 2 heterocycles. The van der Waals surface area contributed by atoms with Crippen LogP contribution >= 0.6 is 0 Å². The Morgan fingerprint density at radius 3 is 2.12 bits per heavy atom. The van der Waals surface area contributed by atoms with Gasteiger partial charge in [0.2, 0.25) is 5.76 Å². The highest BCUT2D eigenvalue weighted by molar-refractivity contribution is 5.25. The minimum Gasteiger partial charge on any atom is -0.451 e. The Morgan fingerprint density at radius 2 is 1.59 bits per heavy atom. The number of rotatable bonds is 10. The van der Waals surface area contributed by atoms with Crippen molar-refractivity contribution in [2.45, 2.75) is 77.7 Å². The van der Waals surface area contributed by atoms with Crippen LogP contribution in [-0.2, 0) is 9.47 Å². The van der Waals surface area contributed by atoms with Crippen LogP contribution in [0.25, 0.3) is 0 Å². The van der Waals surface area contributed by atoms with E-state index in [0.29, 0.717) is 6.10 Å². The summed E-state index contributed by atoms with van der Waals surface area (Å²) in [4.78, 5) is 0. The van der Waals surface area contributed by atoms with Crippen LogP contribution in [0.1, 0.15) is 71.6 Å². The maximum absolute atomic E-state index is 5.35. The lowest BCUT2D eigenvalue weighted by atomic mass is 10.0. The average Bonchev–Trinajstić information content (AvgIpc) is 2.92. The fourth-order valence-corrected chi connectivity index (χ4v) is 2.43. The van der Waals surface area contributed by atoms with Crippen LogP contribution < -0.4 is 0 Å². The summed E-state index contributed by atoms with van der Waals surface area (Å²) in [5.41, 5.74) is 0. The molecule has 0 bridgehead atoms. The predicted octanol–water partition coefficient (Wildman–Crippen LogP) is 4.75. The second kappa shape index (κ2) is 6.32. The topological polar surface area (TPSA) is 21.8 Å². The van der Waals surface area contributed by atoms with Gasteiger partial charge in [0, 0.05) is 0 Å². The van der Waals surface area contributed by atoms with Gasteiger partial charge in [-0.05, 0) is 18.8 Å². The number of hydrogen-bond acceptors (Lipinski definition) is 2. The van der Waals surface area contributed by atoms with Gasteiger partial charge in [-0.2, -0.15) is 0 Å². The highest BCUT2D eigenvalue weighted by Gasteiger charge is 2.47. The molecule has 2 rings (SSSR count). The van der Waals surface area contributed by atoms with E-state index in [2.05, 4.69) is 13.8 Å². The van der Waals surface area contributed by atoms with E-state index >= 15 is 0 Å². The maximum atomic E-state index is 5.35. The molecule has 2 aliphatic rings. The molecule has 2 nitrogen and oxygen atoms in total. The van der Waals surface area contributed by atoms with Crippen molar-refractivity contribution in [1.82, 2.24) is 0 Å². The summed E-state index contributed by atoms with van der Waals surface area (Å²) in [6.45, 7) is 4.62. The third kappa shape index (κ3) is 4.25. The van der Waals surface area contributed by atoms with Gasteiger partial charge >= 0.3 is 5.95 Å². The van der Waals surface area contributed by atoms with Crippen molar-refractivity contribution in [3.8, 4) is 0 Å². The normalized spacial score (nSPS) is 20.8. The van der Waals surface area contributed by atoms with Crippen molar-refractivity contribution < 1.29 is 9.47 Å². The van der Waals surface area contributed by atoms with E-state index in [1.807, 2.05) is 0 Å². The summed E-state index contributed by atoms with van der Waals surface area (Å²) in [5, 5.41) is 0. The van der Waals surface area contributed by atoms with Gasteiger partial charge in [0.05, 0.1) is 0 Å². The third-order valence-corrected chi connectivity index (χ3v) is 3.65. The Kier molecular flexibility index (Phi) is 4.75. The second-order valence-electron chi connectivity index (χ2n) is 5.81. The standard InChI is InChI=1S/C15H26O2/c1-12(2)10-8-6-4-3-5-7-9-11-13-14-15(16-13)17-14/h12-13H,3-11H2,1-2H3. The second-order valence-corrected chi connectivity index (χ2v) is 5.81. The van der Waals surface area contributed by atoms with E-state index < -0.39 is 0 Å². The zero-order chi connectivity index (χ0) is 12.1. The lowest BCUT2D eigenvalue weighted by Gasteiger charge is -2.11. The predicted molar refractivity (Wildman–Crippen MR) is 69.4 cm³/mol. The number of ether oxygens (including phenoxy) is 2. The van der Waals surface area contributed by atoms with Crippen LogP contribution in [0.2, 0.25) is 0 Å². The summed E-state index contributed by atoms with van der Waals surface area (Å²) in [6, 6.07) is 0. The van der Waals surface area contributed by atoms with Gasteiger partial charge in [-0.15, -0.1) is 0 Å². The first-order valence-corrected chi connectivity index (χ1v) is 7.36. The van der Waals surface area contributed by atoms with Crippen molar-refractivity contribution in [1.29, 1.82) is 0 Å². The molecule has 0 aromatic heterocycles. The van der Waals surface area contributed by atoms with Crippen LogP contribution in [0.15, 0.2) is 11.7 Å². The third-order valence-electron chi connectivity index (χ3n) is 3.65. The van der Waals surface area contributed by atoms with Gasteiger partial charge in [0.1, 0.15) is 0 Å². The molecular weight excluding hydrogens is 212 g/mol. The molecule has 0 aromatic carbocycles. The molecule has 0 amide bonds. The van der Waals surface area contributed by atoms with E-state index in [-0.39, 0.29) is 0 Å². The molecule has 0 aliphatic carbocycles. The molecule has 2 heteroatoms. The van der Waals surface area contributed by atoms with Crippen LogP contribution in [0.4, 0.5) is 0 Å². The highest BCUT2D eigenvalue weighted by atomic mass is 16.8. The van der Waals surface area contributed by atoms with E-state index in [1.54, 1.807) is 0 Å². The summed E-state index contributed by atoms with van der Waals surface area (Å²) in [7, 11) is 0. The minimum absolute atomic E-state index is 0.330. The van der Waals surface area contributed by atoms with Crippen LogP contribution in [-0.4, -0.2) is 6.10 Å². The zero-order valence-electron chi connectivity index (χ0n) is 11.3. The molecule has 0 aromatic rings. The number of hydrogen-bond donors (Lipinski definition) is 0. The minimum atomic E-state index is 0.330. The first-order valence-electron chi connectivity index (χ1n) is 7.36. The van der Waals surface area contributed by atoms with Gasteiger partial charge in [-0.25, -0.2) is 0 Å². The van der Waals surface area contributed by atoms with Gasteiger partial charge in [0.15, 0.2) is 6.10 Å². The van der Waals surface area contributed by atoms with Crippen molar-refractivity contribution >= 4 is 0 Å². The van der Waals surface area contributed by atoms with Crippen LogP contribution in [0.5, 0.6) is 0 Å². The SMILES string of the molecule is CC(C)CCCCCCCCCC1OC2=C1O2. The first-order chi connectivity index (χ1) is 8.27. The monoisotopic (exact) mass is 238 g/mol. The molecule has 0 N–H and O–H groups in total. The molecule has 98 valence electrons. The molecule has 17 heavy (non-hydrogen) atoms. The fraction of sp³-hybridized carbons (Fsp3) is 0.867. The molecule has 0 saturated heterocycles. The van der Waals surface area contributed by atoms with E-state index in [9.17, 15) is 0 Å². The van der Waals surface area contributed by atoms with Gasteiger partial charge in [0.25, 0.3) is 0 Å². The highest BCUT2D eigenvalue weighted by Crippen LogP contribution is 2.45. The van der Waals surface area contributed by atoms with Gasteiger partial charge < -0.3 is 9.47 Å². The summed E-state index contributed by atoms with van der Waals surface area (Å²) in [6.07, 6.45) is 12.6. The Bertz CT molecular complexity index is 268. The molecule has 1 unspecified atom stereocenters. The fourth-order valence-electron chi connectivity index (χ4n) is 2.43. The Labute approximate surface area is 105 Å². The van der Waals surface area contributed by atoms with E-state index in [0.717, 1.165) is 24.0 Å². The molecule has 1 atom stereocenters. The lowest BCUT2D eigenvalue weighted by Crippen LogP contribution is -2.13. The quantitative estimate of drug-likeness (QED) is 0.512. The van der Waals surface area contributed by atoms with E-state index in [1.165, 1.54) is 51.4 Å². The average molecular weight is 238 g/mol. The van der Waals surface area contributed by atoms with Crippen molar-refractivity contribution in [3.63, 3.8) is 0 Å². The largest absolute Gasteiger partial charge is 0.451 e. The van der Waals surface area contributed by atoms with Gasteiger partial charge in [-0.1, -0.05) is 58.8 Å². The van der Waals surface area contributed by atoms with Crippen molar-refractivity contribution in [2.75, 3.05) is 0 Å². The van der Waals surface area contributed by atoms with Crippen molar-refractivity contribution in [3.05, 3.63) is 11.7 Å². The van der Waals surface area contributed by atoms with Crippen LogP contribution in [0.3, 0.4) is 0 Å². The van der Waals surface area contributed by atoms with E-state index in [4.69, 9.17) is 9.47 Å². The Morgan fingerprint density at radius 1 is 0.941 bits per heavy atom. The smallest absolute Gasteiger partial charge is 0.330 e. The molecule has 0 radical (unpaired) electrons. The molecule has 0 saturated carbocycles. The zero-order valence-corrected chi connectivity index (χ0v) is 11.3. The summed E-state index contributed by atoms with van der Waals surface area (Å²) >= 11 is 0.